The first-order chi connectivity index (χ1) is 13.6. The van der Waals surface area contributed by atoms with E-state index < -0.39 is 0 Å². The van der Waals surface area contributed by atoms with Gasteiger partial charge < -0.3 is 19.7 Å². The van der Waals surface area contributed by atoms with E-state index in [1.54, 1.807) is 19.6 Å². The van der Waals surface area contributed by atoms with Crippen LogP contribution in [-0.4, -0.2) is 31.2 Å². The lowest BCUT2D eigenvalue weighted by Gasteiger charge is -2.21. The first-order valence-corrected chi connectivity index (χ1v) is 9.84. The summed E-state index contributed by atoms with van der Waals surface area (Å²) in [6.07, 6.45) is 0.864. The maximum absolute atomic E-state index is 13.1. The molecule has 1 N–H and O–H groups in total. The normalized spacial score (nSPS) is 15.2. The van der Waals surface area contributed by atoms with E-state index in [0.717, 1.165) is 17.8 Å². The molecule has 144 valence electrons. The molecule has 4 rings (SSSR count). The quantitative estimate of drug-likeness (QED) is 0.689. The maximum atomic E-state index is 13.1. The highest BCUT2D eigenvalue weighted by Gasteiger charge is 2.32. The van der Waals surface area contributed by atoms with Crippen LogP contribution in [-0.2, 0) is 6.42 Å². The summed E-state index contributed by atoms with van der Waals surface area (Å²) >= 11 is 1.40. The molecule has 3 aromatic rings. The summed E-state index contributed by atoms with van der Waals surface area (Å²) in [5.74, 6) is 1.21. The van der Waals surface area contributed by atoms with Crippen molar-refractivity contribution >= 4 is 33.8 Å². The molecule has 1 aliphatic rings. The van der Waals surface area contributed by atoms with E-state index in [1.165, 1.54) is 16.9 Å². The van der Waals surface area contributed by atoms with Crippen molar-refractivity contribution in [2.24, 2.45) is 0 Å². The van der Waals surface area contributed by atoms with Crippen molar-refractivity contribution in [2.45, 2.75) is 19.4 Å². The third-order valence-corrected chi connectivity index (χ3v) is 5.54. The lowest BCUT2D eigenvalue weighted by Crippen LogP contribution is -2.35. The molecule has 0 saturated heterocycles. The molecule has 1 atom stereocenters. The monoisotopic (exact) mass is 395 g/mol. The molecule has 2 heterocycles. The van der Waals surface area contributed by atoms with Crippen molar-refractivity contribution < 1.29 is 14.3 Å². The van der Waals surface area contributed by atoms with Gasteiger partial charge >= 0.3 is 0 Å². The molecule has 0 bridgehead atoms. The Morgan fingerprint density at radius 2 is 1.96 bits per heavy atom. The minimum absolute atomic E-state index is 0.0749. The molecule has 1 aromatic heterocycles. The number of hydrogen-bond donors (Lipinski definition) is 1. The van der Waals surface area contributed by atoms with E-state index in [2.05, 4.69) is 23.3 Å². The number of ether oxygens (including phenoxy) is 2. The molecule has 7 heteroatoms. The number of nitrogens with one attached hydrogen (secondary N) is 1. The molecule has 0 saturated carbocycles. The highest BCUT2D eigenvalue weighted by Crippen LogP contribution is 2.34. The van der Waals surface area contributed by atoms with Gasteiger partial charge in [0.15, 0.2) is 16.6 Å². The molecule has 6 nitrogen and oxygen atoms in total. The van der Waals surface area contributed by atoms with Gasteiger partial charge in [-0.3, -0.25) is 4.79 Å². The van der Waals surface area contributed by atoms with Crippen LogP contribution in [0.4, 0.5) is 16.5 Å². The lowest BCUT2D eigenvalue weighted by atomic mass is 10.1. The van der Waals surface area contributed by atoms with Crippen LogP contribution in [0.25, 0.3) is 0 Å². The maximum Gasteiger partial charge on any atom is 0.278 e. The van der Waals surface area contributed by atoms with E-state index in [0.29, 0.717) is 22.3 Å². The van der Waals surface area contributed by atoms with E-state index >= 15 is 0 Å². The number of nitrogens with zero attached hydrogens (tertiary/aromatic N) is 2. The van der Waals surface area contributed by atoms with E-state index in [9.17, 15) is 4.79 Å². The van der Waals surface area contributed by atoms with Gasteiger partial charge in [0, 0.05) is 28.9 Å². The Balaban J connectivity index is 1.54. The molecule has 1 aliphatic heterocycles. The number of anilines is 3. The van der Waals surface area contributed by atoms with Gasteiger partial charge in [-0.25, -0.2) is 4.98 Å². The van der Waals surface area contributed by atoms with E-state index in [1.807, 2.05) is 41.3 Å². The fraction of sp³-hybridized carbons (Fsp3) is 0.238. The standard InChI is InChI=1S/C21H21N3O3S/c1-13-10-14-6-4-5-7-17(14)24(13)20(25)16-12-28-21(23-16)22-15-8-9-18(26-2)19(11-15)27-3/h4-9,11-13H,10H2,1-3H3,(H,22,23)/t13-/m0/s1. The third kappa shape index (κ3) is 3.29. The summed E-state index contributed by atoms with van der Waals surface area (Å²) in [5.41, 5.74) is 3.42. The Kier molecular flexibility index (Phi) is 4.92. The fourth-order valence-corrected chi connectivity index (χ4v) is 4.17. The second-order valence-electron chi connectivity index (χ2n) is 6.59. The van der Waals surface area contributed by atoms with Gasteiger partial charge in [0.2, 0.25) is 0 Å². The van der Waals surface area contributed by atoms with Crippen molar-refractivity contribution in [1.82, 2.24) is 4.98 Å². The van der Waals surface area contributed by atoms with Crippen LogP contribution >= 0.6 is 11.3 Å². The molecule has 2 aromatic carbocycles. The zero-order valence-electron chi connectivity index (χ0n) is 15.9. The number of aromatic nitrogens is 1. The predicted molar refractivity (Wildman–Crippen MR) is 111 cm³/mol. The summed E-state index contributed by atoms with van der Waals surface area (Å²) < 4.78 is 10.6. The summed E-state index contributed by atoms with van der Waals surface area (Å²) in [4.78, 5) is 19.4. The van der Waals surface area contributed by atoms with Gasteiger partial charge in [-0.05, 0) is 37.1 Å². The fourth-order valence-electron chi connectivity index (χ4n) is 3.47. The number of rotatable bonds is 5. The van der Waals surface area contributed by atoms with Crippen LogP contribution < -0.4 is 19.7 Å². The van der Waals surface area contributed by atoms with Crippen molar-refractivity contribution in [3.63, 3.8) is 0 Å². The summed E-state index contributed by atoms with van der Waals surface area (Å²) in [5, 5.41) is 5.67. The van der Waals surface area contributed by atoms with Gasteiger partial charge in [0.25, 0.3) is 5.91 Å². The second kappa shape index (κ2) is 7.52. The molecular weight excluding hydrogens is 374 g/mol. The largest absolute Gasteiger partial charge is 0.493 e. The molecule has 0 spiro atoms. The second-order valence-corrected chi connectivity index (χ2v) is 7.45. The SMILES string of the molecule is COc1ccc(Nc2nc(C(=O)N3c4ccccc4C[C@@H]3C)cs2)cc1OC. The molecule has 1 amide bonds. The number of thiazole rings is 1. The Hall–Kier alpha value is -3.06. The molecular formula is C21H21N3O3S. The average Bonchev–Trinajstić information content (AvgIpc) is 3.30. The highest BCUT2D eigenvalue weighted by atomic mass is 32.1. The molecule has 0 unspecified atom stereocenters. The Bertz CT molecular complexity index is 1020. The zero-order chi connectivity index (χ0) is 19.7. The number of para-hydroxylation sites is 1. The van der Waals surface area contributed by atoms with Crippen LogP contribution in [0.3, 0.4) is 0 Å². The smallest absolute Gasteiger partial charge is 0.278 e. The summed E-state index contributed by atoms with van der Waals surface area (Å²) in [6, 6.07) is 13.7. The number of methoxy groups -OCH3 is 2. The number of hydrogen-bond acceptors (Lipinski definition) is 6. The topological polar surface area (TPSA) is 63.7 Å². The van der Waals surface area contributed by atoms with Gasteiger partial charge in [-0.2, -0.15) is 0 Å². The van der Waals surface area contributed by atoms with Crippen molar-refractivity contribution in [3.05, 3.63) is 59.1 Å². The number of carbonyl (C=O) groups excluding carboxylic acids is 1. The van der Waals surface area contributed by atoms with Crippen molar-refractivity contribution in [2.75, 3.05) is 24.4 Å². The van der Waals surface area contributed by atoms with Gasteiger partial charge in [-0.15, -0.1) is 11.3 Å². The summed E-state index contributed by atoms with van der Waals surface area (Å²) in [7, 11) is 3.19. The van der Waals surface area contributed by atoms with E-state index in [4.69, 9.17) is 9.47 Å². The molecule has 28 heavy (non-hydrogen) atoms. The number of carbonyl (C=O) groups is 1. The number of amides is 1. The van der Waals surface area contributed by atoms with Crippen molar-refractivity contribution in [3.8, 4) is 11.5 Å². The van der Waals surface area contributed by atoms with Gasteiger partial charge in [-0.1, -0.05) is 18.2 Å². The zero-order valence-corrected chi connectivity index (χ0v) is 16.7. The predicted octanol–water partition coefficient (Wildman–Crippen LogP) is 4.50. The average molecular weight is 395 g/mol. The molecule has 0 radical (unpaired) electrons. The van der Waals surface area contributed by atoms with Crippen LogP contribution in [0.5, 0.6) is 11.5 Å². The minimum atomic E-state index is -0.0749. The Morgan fingerprint density at radius 1 is 1.18 bits per heavy atom. The minimum Gasteiger partial charge on any atom is -0.493 e. The number of benzene rings is 2. The van der Waals surface area contributed by atoms with Crippen LogP contribution in [0.2, 0.25) is 0 Å². The Labute approximate surface area is 167 Å². The number of fused-ring (bicyclic) bond motifs is 1. The first-order valence-electron chi connectivity index (χ1n) is 8.96. The lowest BCUT2D eigenvalue weighted by molar-refractivity contribution is 0.0977. The van der Waals surface area contributed by atoms with Crippen molar-refractivity contribution in [1.29, 1.82) is 0 Å². The van der Waals surface area contributed by atoms with Crippen LogP contribution in [0, 0.1) is 0 Å². The molecule has 0 aliphatic carbocycles. The van der Waals surface area contributed by atoms with Gasteiger partial charge in [0.1, 0.15) is 5.69 Å². The van der Waals surface area contributed by atoms with Gasteiger partial charge in [0.05, 0.1) is 14.2 Å². The molecule has 0 fully saturated rings. The van der Waals surface area contributed by atoms with E-state index in [-0.39, 0.29) is 11.9 Å². The third-order valence-electron chi connectivity index (χ3n) is 4.78. The highest BCUT2D eigenvalue weighted by molar-refractivity contribution is 7.14. The first kappa shape index (κ1) is 18.3. The Morgan fingerprint density at radius 3 is 2.75 bits per heavy atom. The summed E-state index contributed by atoms with van der Waals surface area (Å²) in [6.45, 7) is 2.06. The van der Waals surface area contributed by atoms with Crippen LogP contribution in [0.1, 0.15) is 23.0 Å². The van der Waals surface area contributed by atoms with Crippen LogP contribution in [0.15, 0.2) is 47.8 Å².